The monoisotopic (exact) mass is 251 g/mol. The maximum Gasteiger partial charge on any atom is 0.260 e. The molecule has 0 aliphatic rings. The molecule has 0 aliphatic heterocycles. The number of carbonyl (C=O) groups excluding carboxylic acids is 1. The molecule has 88 valence electrons. The summed E-state index contributed by atoms with van der Waals surface area (Å²) in [6.45, 7) is 3.58. The van der Waals surface area contributed by atoms with Gasteiger partial charge in [0.2, 0.25) is 5.13 Å². The molecule has 0 fully saturated rings. The van der Waals surface area contributed by atoms with Crippen molar-refractivity contribution in [2.45, 2.75) is 13.8 Å². The van der Waals surface area contributed by atoms with Crippen LogP contribution >= 0.6 is 11.3 Å². The molecule has 17 heavy (non-hydrogen) atoms. The molecule has 0 aliphatic carbocycles. The number of amides is 1. The molecule has 4 nitrogen and oxygen atoms in total. The van der Waals surface area contributed by atoms with Crippen LogP contribution in [0.2, 0.25) is 0 Å². The topological polar surface area (TPSA) is 54.9 Å². The first-order valence-corrected chi connectivity index (χ1v) is 5.75. The van der Waals surface area contributed by atoms with Crippen molar-refractivity contribution in [1.29, 1.82) is 0 Å². The van der Waals surface area contributed by atoms with Gasteiger partial charge in [-0.05, 0) is 26.0 Å². The van der Waals surface area contributed by atoms with Gasteiger partial charge in [0.25, 0.3) is 5.91 Å². The minimum atomic E-state index is -0.547. The number of nitrogens with one attached hydrogen (secondary N) is 1. The van der Waals surface area contributed by atoms with E-state index in [1.807, 2.05) is 0 Å². The van der Waals surface area contributed by atoms with Crippen LogP contribution in [0, 0.1) is 19.7 Å². The number of hydrogen-bond donors (Lipinski definition) is 1. The van der Waals surface area contributed by atoms with Crippen LogP contribution in [-0.4, -0.2) is 16.1 Å². The SMILES string of the molecule is Cc1ccc(F)c(C(=O)Nc2nnc(C)s2)c1. The molecule has 0 saturated carbocycles. The highest BCUT2D eigenvalue weighted by Crippen LogP contribution is 2.16. The van der Waals surface area contributed by atoms with Crippen molar-refractivity contribution < 1.29 is 9.18 Å². The molecular formula is C11H10FN3OS. The largest absolute Gasteiger partial charge is 0.296 e. The molecule has 0 saturated heterocycles. The number of carbonyl (C=O) groups is 1. The molecule has 2 rings (SSSR count). The van der Waals surface area contributed by atoms with E-state index in [4.69, 9.17) is 0 Å². The summed E-state index contributed by atoms with van der Waals surface area (Å²) in [4.78, 5) is 11.8. The van der Waals surface area contributed by atoms with E-state index >= 15 is 0 Å². The molecule has 1 heterocycles. The van der Waals surface area contributed by atoms with Crippen LogP contribution in [0.3, 0.4) is 0 Å². The fourth-order valence-electron chi connectivity index (χ4n) is 1.32. The zero-order valence-electron chi connectivity index (χ0n) is 9.32. The summed E-state index contributed by atoms with van der Waals surface area (Å²) in [6, 6.07) is 4.38. The summed E-state index contributed by atoms with van der Waals surface area (Å²) in [6.07, 6.45) is 0. The molecular weight excluding hydrogens is 241 g/mol. The maximum atomic E-state index is 13.4. The van der Waals surface area contributed by atoms with Crippen molar-refractivity contribution in [1.82, 2.24) is 10.2 Å². The summed E-state index contributed by atoms with van der Waals surface area (Å²) in [5, 5.41) is 11.1. The average Bonchev–Trinajstić information content (AvgIpc) is 2.67. The third kappa shape index (κ3) is 2.65. The van der Waals surface area contributed by atoms with Crippen LogP contribution in [0.25, 0.3) is 0 Å². The van der Waals surface area contributed by atoms with E-state index < -0.39 is 11.7 Å². The van der Waals surface area contributed by atoms with Crippen LogP contribution in [0.5, 0.6) is 0 Å². The molecule has 0 spiro atoms. The smallest absolute Gasteiger partial charge is 0.260 e. The van der Waals surface area contributed by atoms with Crippen molar-refractivity contribution in [2.75, 3.05) is 5.32 Å². The first-order valence-electron chi connectivity index (χ1n) is 4.94. The Balaban J connectivity index is 2.22. The van der Waals surface area contributed by atoms with E-state index in [0.717, 1.165) is 10.6 Å². The Bertz CT molecular complexity index is 568. The first kappa shape index (κ1) is 11.7. The highest BCUT2D eigenvalue weighted by molar-refractivity contribution is 7.15. The van der Waals surface area contributed by atoms with Gasteiger partial charge < -0.3 is 0 Å². The molecule has 0 unspecified atom stereocenters. The second-order valence-corrected chi connectivity index (χ2v) is 4.75. The normalized spacial score (nSPS) is 10.3. The molecule has 2 aromatic rings. The highest BCUT2D eigenvalue weighted by Gasteiger charge is 2.13. The van der Waals surface area contributed by atoms with Gasteiger partial charge in [-0.25, -0.2) is 4.39 Å². The Kier molecular flexibility index (Phi) is 3.14. The lowest BCUT2D eigenvalue weighted by Crippen LogP contribution is -2.13. The van der Waals surface area contributed by atoms with Gasteiger partial charge in [0.15, 0.2) is 0 Å². The molecule has 1 aromatic carbocycles. The van der Waals surface area contributed by atoms with E-state index in [-0.39, 0.29) is 5.56 Å². The van der Waals surface area contributed by atoms with Crippen LogP contribution in [0.4, 0.5) is 9.52 Å². The van der Waals surface area contributed by atoms with Crippen molar-refractivity contribution in [3.63, 3.8) is 0 Å². The predicted molar refractivity (Wildman–Crippen MR) is 63.7 cm³/mol. The van der Waals surface area contributed by atoms with Gasteiger partial charge in [0.05, 0.1) is 5.56 Å². The first-order chi connectivity index (χ1) is 8.06. The minimum absolute atomic E-state index is 0.0119. The third-order valence-electron chi connectivity index (χ3n) is 2.11. The van der Waals surface area contributed by atoms with Crippen molar-refractivity contribution >= 4 is 22.4 Å². The van der Waals surface area contributed by atoms with Gasteiger partial charge in [-0.1, -0.05) is 23.0 Å². The Morgan fingerprint density at radius 2 is 2.12 bits per heavy atom. The Hall–Kier alpha value is -1.82. The van der Waals surface area contributed by atoms with Crippen LogP contribution in [0.15, 0.2) is 18.2 Å². The lowest BCUT2D eigenvalue weighted by atomic mass is 10.1. The van der Waals surface area contributed by atoms with Crippen LogP contribution in [-0.2, 0) is 0 Å². The second kappa shape index (κ2) is 4.58. The number of benzene rings is 1. The molecule has 6 heteroatoms. The minimum Gasteiger partial charge on any atom is -0.296 e. The van der Waals surface area contributed by atoms with Crippen molar-refractivity contribution in [3.8, 4) is 0 Å². The number of aromatic nitrogens is 2. The van der Waals surface area contributed by atoms with Gasteiger partial charge in [0, 0.05) is 0 Å². The number of anilines is 1. The van der Waals surface area contributed by atoms with Gasteiger partial charge >= 0.3 is 0 Å². The number of nitrogens with zero attached hydrogens (tertiary/aromatic N) is 2. The quantitative estimate of drug-likeness (QED) is 0.892. The maximum absolute atomic E-state index is 13.4. The average molecular weight is 251 g/mol. The summed E-state index contributed by atoms with van der Waals surface area (Å²) >= 11 is 1.24. The summed E-state index contributed by atoms with van der Waals surface area (Å²) < 4.78 is 13.4. The summed E-state index contributed by atoms with van der Waals surface area (Å²) in [7, 11) is 0. The van der Waals surface area contributed by atoms with E-state index in [2.05, 4.69) is 15.5 Å². The zero-order valence-corrected chi connectivity index (χ0v) is 10.1. The number of hydrogen-bond acceptors (Lipinski definition) is 4. The fourth-order valence-corrected chi connectivity index (χ4v) is 1.91. The number of halogens is 1. The second-order valence-electron chi connectivity index (χ2n) is 3.56. The highest BCUT2D eigenvalue weighted by atomic mass is 32.1. The third-order valence-corrected chi connectivity index (χ3v) is 2.87. The van der Waals surface area contributed by atoms with E-state index in [0.29, 0.717) is 5.13 Å². The lowest BCUT2D eigenvalue weighted by molar-refractivity contribution is 0.102. The molecule has 1 N–H and O–H groups in total. The van der Waals surface area contributed by atoms with Crippen molar-refractivity contribution in [3.05, 3.63) is 40.2 Å². The van der Waals surface area contributed by atoms with E-state index in [9.17, 15) is 9.18 Å². The van der Waals surface area contributed by atoms with E-state index in [1.165, 1.54) is 23.5 Å². The number of aryl methyl sites for hydroxylation is 2. The fraction of sp³-hybridized carbons (Fsp3) is 0.182. The van der Waals surface area contributed by atoms with Crippen LogP contribution in [0.1, 0.15) is 20.9 Å². The Labute approximate surface area is 102 Å². The molecule has 1 aromatic heterocycles. The van der Waals surface area contributed by atoms with Gasteiger partial charge in [-0.3, -0.25) is 10.1 Å². The van der Waals surface area contributed by atoms with Crippen molar-refractivity contribution in [2.24, 2.45) is 0 Å². The lowest BCUT2D eigenvalue weighted by Gasteiger charge is -2.03. The van der Waals surface area contributed by atoms with Crippen LogP contribution < -0.4 is 5.32 Å². The Morgan fingerprint density at radius 1 is 1.35 bits per heavy atom. The summed E-state index contributed by atoms with van der Waals surface area (Å²) in [5.74, 6) is -1.06. The predicted octanol–water partition coefficient (Wildman–Crippen LogP) is 2.55. The number of rotatable bonds is 2. The zero-order chi connectivity index (χ0) is 12.4. The van der Waals surface area contributed by atoms with Gasteiger partial charge in [0.1, 0.15) is 10.8 Å². The van der Waals surface area contributed by atoms with E-state index in [1.54, 1.807) is 19.9 Å². The standard InChI is InChI=1S/C11H10FN3OS/c1-6-3-4-9(12)8(5-6)10(16)13-11-15-14-7(2)17-11/h3-5H,1-2H3,(H,13,15,16). The van der Waals surface area contributed by atoms with Gasteiger partial charge in [-0.15, -0.1) is 10.2 Å². The molecule has 1 amide bonds. The summed E-state index contributed by atoms with van der Waals surface area (Å²) in [5.41, 5.74) is 0.836. The Morgan fingerprint density at radius 3 is 2.76 bits per heavy atom. The molecule has 0 radical (unpaired) electrons. The van der Waals surface area contributed by atoms with Gasteiger partial charge in [-0.2, -0.15) is 0 Å². The molecule has 0 atom stereocenters. The molecule has 0 bridgehead atoms.